The summed E-state index contributed by atoms with van der Waals surface area (Å²) < 4.78 is 15.0. The molecule has 1 N–H and O–H groups in total. The Morgan fingerprint density at radius 1 is 1.39 bits per heavy atom. The number of halogens is 3. The van der Waals surface area contributed by atoms with Gasteiger partial charge in [0.05, 0.1) is 4.34 Å². The Bertz CT molecular complexity index is 544. The average molecular weight is 349 g/mol. The molecule has 18 heavy (non-hydrogen) atoms. The summed E-state index contributed by atoms with van der Waals surface area (Å²) in [6, 6.07) is 8.68. The molecule has 0 aliphatic carbocycles. The molecule has 0 fully saturated rings. The van der Waals surface area contributed by atoms with Crippen molar-refractivity contribution in [3.05, 3.63) is 55.4 Å². The zero-order valence-electron chi connectivity index (χ0n) is 9.71. The maximum Gasteiger partial charge on any atom is 0.123 e. The largest absolute Gasteiger partial charge is 0.313 e. The molecule has 1 aromatic heterocycles. The Labute approximate surface area is 123 Å². The van der Waals surface area contributed by atoms with Gasteiger partial charge < -0.3 is 5.32 Å². The van der Waals surface area contributed by atoms with Crippen LogP contribution in [0.15, 0.2) is 34.8 Å². The van der Waals surface area contributed by atoms with Crippen LogP contribution in [-0.2, 0) is 6.42 Å². The minimum Gasteiger partial charge on any atom is -0.313 e. The van der Waals surface area contributed by atoms with Gasteiger partial charge in [-0.05, 0) is 42.9 Å². The third kappa shape index (κ3) is 3.32. The monoisotopic (exact) mass is 347 g/mol. The lowest BCUT2D eigenvalue weighted by Gasteiger charge is -2.17. The molecule has 5 heteroatoms. The normalized spacial score (nSPS) is 12.7. The van der Waals surface area contributed by atoms with Crippen molar-refractivity contribution in [3.63, 3.8) is 0 Å². The molecule has 2 rings (SSSR count). The molecular formula is C13H12BrClFNS. The highest BCUT2D eigenvalue weighted by Crippen LogP contribution is 2.30. The Hall–Kier alpha value is -0.420. The van der Waals surface area contributed by atoms with E-state index in [-0.39, 0.29) is 11.9 Å². The molecule has 0 aliphatic heterocycles. The highest BCUT2D eigenvalue weighted by atomic mass is 79.9. The molecule has 1 atom stereocenters. The van der Waals surface area contributed by atoms with Crippen LogP contribution in [-0.4, -0.2) is 7.05 Å². The predicted octanol–water partition coefficient (Wildman–Crippen LogP) is 4.81. The fourth-order valence-corrected chi connectivity index (χ4v) is 3.47. The third-order valence-electron chi connectivity index (χ3n) is 2.72. The molecule has 2 aromatic rings. The minimum absolute atomic E-state index is 0.0600. The highest BCUT2D eigenvalue weighted by molar-refractivity contribution is 9.10. The van der Waals surface area contributed by atoms with E-state index in [9.17, 15) is 4.39 Å². The predicted molar refractivity (Wildman–Crippen MR) is 78.9 cm³/mol. The van der Waals surface area contributed by atoms with E-state index in [4.69, 9.17) is 11.6 Å². The van der Waals surface area contributed by atoms with Crippen LogP contribution in [0, 0.1) is 5.82 Å². The molecule has 0 aliphatic rings. The average Bonchev–Trinajstić information content (AvgIpc) is 2.75. The molecule has 0 amide bonds. The van der Waals surface area contributed by atoms with Gasteiger partial charge in [0.15, 0.2) is 0 Å². The number of likely N-dealkylation sites (N-methyl/N-ethyl adjacent to an activating group) is 1. The topological polar surface area (TPSA) is 12.0 Å². The fourth-order valence-electron chi connectivity index (χ4n) is 1.81. The van der Waals surface area contributed by atoms with E-state index >= 15 is 0 Å². The number of rotatable bonds is 4. The molecule has 1 aromatic carbocycles. The molecule has 0 saturated carbocycles. The van der Waals surface area contributed by atoms with Gasteiger partial charge in [0, 0.05) is 21.8 Å². The van der Waals surface area contributed by atoms with Crippen molar-refractivity contribution in [2.45, 2.75) is 12.5 Å². The van der Waals surface area contributed by atoms with Crippen molar-refractivity contribution in [3.8, 4) is 0 Å². The van der Waals surface area contributed by atoms with Crippen molar-refractivity contribution in [1.29, 1.82) is 0 Å². The lowest BCUT2D eigenvalue weighted by atomic mass is 10.0. The van der Waals surface area contributed by atoms with Crippen LogP contribution in [0.4, 0.5) is 4.39 Å². The number of hydrogen-bond acceptors (Lipinski definition) is 2. The quantitative estimate of drug-likeness (QED) is 0.836. The zero-order valence-corrected chi connectivity index (χ0v) is 12.9. The Kier molecular flexibility index (Phi) is 4.78. The summed E-state index contributed by atoms with van der Waals surface area (Å²) in [6.45, 7) is 0. The van der Waals surface area contributed by atoms with E-state index in [2.05, 4.69) is 21.2 Å². The van der Waals surface area contributed by atoms with E-state index in [1.165, 1.54) is 10.9 Å². The van der Waals surface area contributed by atoms with E-state index in [0.717, 1.165) is 20.8 Å². The van der Waals surface area contributed by atoms with Gasteiger partial charge in [-0.25, -0.2) is 4.39 Å². The van der Waals surface area contributed by atoms with E-state index in [1.807, 2.05) is 19.2 Å². The summed E-state index contributed by atoms with van der Waals surface area (Å²) in [5.74, 6) is -0.224. The maximum absolute atomic E-state index is 13.3. The van der Waals surface area contributed by atoms with Crippen LogP contribution in [0.5, 0.6) is 0 Å². The molecular weight excluding hydrogens is 337 g/mol. The van der Waals surface area contributed by atoms with Gasteiger partial charge in [-0.15, -0.1) is 11.3 Å². The van der Waals surface area contributed by atoms with Crippen LogP contribution in [0.3, 0.4) is 0 Å². The second-order valence-electron chi connectivity index (χ2n) is 3.92. The van der Waals surface area contributed by atoms with Crippen LogP contribution in [0.25, 0.3) is 0 Å². The minimum atomic E-state index is -0.224. The summed E-state index contributed by atoms with van der Waals surface area (Å²) in [7, 11) is 1.87. The summed E-state index contributed by atoms with van der Waals surface area (Å²) in [5, 5.41) is 3.21. The van der Waals surface area contributed by atoms with Gasteiger partial charge in [0.25, 0.3) is 0 Å². The molecule has 0 bridgehead atoms. The molecule has 1 unspecified atom stereocenters. The van der Waals surface area contributed by atoms with Crippen molar-refractivity contribution in [1.82, 2.24) is 5.32 Å². The van der Waals surface area contributed by atoms with Crippen LogP contribution < -0.4 is 5.32 Å². The first kappa shape index (κ1) is 14.0. The van der Waals surface area contributed by atoms with Gasteiger partial charge in [-0.1, -0.05) is 27.5 Å². The molecule has 0 saturated heterocycles. The molecule has 0 radical (unpaired) electrons. The number of benzene rings is 1. The fraction of sp³-hybridized carbons (Fsp3) is 0.231. The van der Waals surface area contributed by atoms with Crippen molar-refractivity contribution in [2.75, 3.05) is 7.05 Å². The van der Waals surface area contributed by atoms with Crippen LogP contribution in [0.1, 0.15) is 16.5 Å². The third-order valence-corrected chi connectivity index (χ3v) is 4.69. The number of thiophene rings is 1. The maximum atomic E-state index is 13.3. The zero-order chi connectivity index (χ0) is 13.1. The van der Waals surface area contributed by atoms with Crippen LogP contribution in [0.2, 0.25) is 4.34 Å². The second kappa shape index (κ2) is 6.15. The summed E-state index contributed by atoms with van der Waals surface area (Å²) >= 11 is 10.9. The Morgan fingerprint density at radius 2 is 2.17 bits per heavy atom. The number of nitrogens with one attached hydrogen (secondary N) is 1. The molecule has 96 valence electrons. The summed E-state index contributed by atoms with van der Waals surface area (Å²) in [6.07, 6.45) is 0.788. The molecule has 1 nitrogen and oxygen atoms in total. The Balaban J connectivity index is 2.25. The first-order valence-electron chi connectivity index (χ1n) is 5.46. The molecule has 0 spiro atoms. The Morgan fingerprint density at radius 3 is 2.78 bits per heavy atom. The SMILES string of the molecule is CNC(Cc1ccc(Cl)s1)c1cc(F)ccc1Br. The first-order valence-corrected chi connectivity index (χ1v) is 7.45. The lowest BCUT2D eigenvalue weighted by molar-refractivity contribution is 0.578. The standard InChI is InChI=1S/C13H12BrClFNS/c1-17-12(7-9-3-5-13(15)18-9)10-6-8(16)2-4-11(10)14/h2-6,12,17H,7H2,1H3. The van der Waals surface area contributed by atoms with Crippen LogP contribution >= 0.6 is 38.9 Å². The van der Waals surface area contributed by atoms with Gasteiger partial charge in [0.1, 0.15) is 5.82 Å². The van der Waals surface area contributed by atoms with E-state index < -0.39 is 0 Å². The summed E-state index contributed by atoms with van der Waals surface area (Å²) in [5.41, 5.74) is 0.919. The number of hydrogen-bond donors (Lipinski definition) is 1. The highest BCUT2D eigenvalue weighted by Gasteiger charge is 2.15. The van der Waals surface area contributed by atoms with E-state index in [1.54, 1.807) is 23.5 Å². The van der Waals surface area contributed by atoms with Crippen molar-refractivity contribution in [2.24, 2.45) is 0 Å². The first-order chi connectivity index (χ1) is 8.60. The van der Waals surface area contributed by atoms with Gasteiger partial charge in [-0.3, -0.25) is 0 Å². The lowest BCUT2D eigenvalue weighted by Crippen LogP contribution is -2.19. The smallest absolute Gasteiger partial charge is 0.123 e. The van der Waals surface area contributed by atoms with Gasteiger partial charge in [-0.2, -0.15) is 0 Å². The van der Waals surface area contributed by atoms with Gasteiger partial charge in [0.2, 0.25) is 0 Å². The summed E-state index contributed by atoms with van der Waals surface area (Å²) in [4.78, 5) is 1.18. The van der Waals surface area contributed by atoms with Crippen molar-refractivity contribution >= 4 is 38.9 Å². The van der Waals surface area contributed by atoms with Crippen molar-refractivity contribution < 1.29 is 4.39 Å². The van der Waals surface area contributed by atoms with E-state index in [0.29, 0.717) is 0 Å². The van der Waals surface area contributed by atoms with Gasteiger partial charge >= 0.3 is 0 Å². The molecule has 1 heterocycles. The second-order valence-corrected chi connectivity index (χ2v) is 6.57.